The Bertz CT molecular complexity index is 1000. The largest absolute Gasteiger partial charge is 0.491 e. The minimum Gasteiger partial charge on any atom is -0.491 e. The normalized spacial score (nSPS) is 10.9. The van der Waals surface area contributed by atoms with E-state index in [9.17, 15) is 0 Å². The summed E-state index contributed by atoms with van der Waals surface area (Å²) in [6.45, 7) is 13.5. The van der Waals surface area contributed by atoms with E-state index in [2.05, 4.69) is 87.6 Å². The van der Waals surface area contributed by atoms with Gasteiger partial charge >= 0.3 is 0 Å². The number of aryl methyl sites for hydroxylation is 4. The lowest BCUT2D eigenvalue weighted by atomic mass is 9.94. The van der Waals surface area contributed by atoms with E-state index in [0.717, 1.165) is 25.3 Å². The molecule has 1 N–H and O–H groups in total. The Morgan fingerprint density at radius 3 is 2.28 bits per heavy atom. The molecule has 0 aliphatic carbocycles. The average molecular weight is 432 g/mol. The van der Waals surface area contributed by atoms with Gasteiger partial charge in [-0.3, -0.25) is 0 Å². The van der Waals surface area contributed by atoms with Crippen molar-refractivity contribution in [2.75, 3.05) is 25.1 Å². The standard InChI is InChI=1S/C29H37NO2/c1-6-9-25-12-13-27(16-21(25)3)30-20-24-10-8-11-26(19-24)29-22(4)17-28(18-23(29)5)32-15-14-31-7-2/h8,10-13,16-19,30H,6-7,9,14-15,20H2,1-5H3. The van der Waals surface area contributed by atoms with Crippen molar-refractivity contribution in [1.82, 2.24) is 0 Å². The van der Waals surface area contributed by atoms with Gasteiger partial charge in [0, 0.05) is 18.8 Å². The van der Waals surface area contributed by atoms with Crippen molar-refractivity contribution >= 4 is 5.69 Å². The number of rotatable bonds is 11. The van der Waals surface area contributed by atoms with Gasteiger partial charge in [-0.25, -0.2) is 0 Å². The van der Waals surface area contributed by atoms with Gasteiger partial charge in [0.25, 0.3) is 0 Å². The molecular weight excluding hydrogens is 394 g/mol. The van der Waals surface area contributed by atoms with E-state index in [0.29, 0.717) is 13.2 Å². The number of benzene rings is 3. The summed E-state index contributed by atoms with van der Waals surface area (Å²) in [7, 11) is 0. The highest BCUT2D eigenvalue weighted by Crippen LogP contribution is 2.31. The zero-order valence-electron chi connectivity index (χ0n) is 20.3. The first-order valence-corrected chi connectivity index (χ1v) is 11.8. The van der Waals surface area contributed by atoms with Crippen molar-refractivity contribution in [3.63, 3.8) is 0 Å². The fraction of sp³-hybridized carbons (Fsp3) is 0.379. The predicted molar refractivity (Wildman–Crippen MR) is 136 cm³/mol. The minimum absolute atomic E-state index is 0.576. The monoisotopic (exact) mass is 431 g/mol. The molecule has 0 aliphatic rings. The van der Waals surface area contributed by atoms with E-state index in [1.54, 1.807) is 0 Å². The molecule has 0 heterocycles. The molecule has 0 amide bonds. The molecule has 0 aromatic heterocycles. The van der Waals surface area contributed by atoms with Gasteiger partial charge in [0.2, 0.25) is 0 Å². The Labute approximate surface area is 193 Å². The van der Waals surface area contributed by atoms with Crippen LogP contribution in [0.2, 0.25) is 0 Å². The quantitative estimate of drug-likeness (QED) is 0.324. The Morgan fingerprint density at radius 1 is 0.812 bits per heavy atom. The topological polar surface area (TPSA) is 30.5 Å². The maximum atomic E-state index is 5.87. The summed E-state index contributed by atoms with van der Waals surface area (Å²) in [5.74, 6) is 0.906. The number of hydrogen-bond donors (Lipinski definition) is 1. The highest BCUT2D eigenvalue weighted by Gasteiger charge is 2.10. The second-order valence-corrected chi connectivity index (χ2v) is 8.42. The van der Waals surface area contributed by atoms with E-state index < -0.39 is 0 Å². The van der Waals surface area contributed by atoms with Gasteiger partial charge in [-0.1, -0.05) is 37.6 Å². The minimum atomic E-state index is 0.576. The fourth-order valence-electron chi connectivity index (χ4n) is 4.22. The molecular formula is C29H37NO2. The van der Waals surface area contributed by atoms with Gasteiger partial charge in [-0.2, -0.15) is 0 Å². The lowest BCUT2D eigenvalue weighted by Gasteiger charge is -2.15. The number of nitrogens with one attached hydrogen (secondary N) is 1. The Balaban J connectivity index is 1.71. The van der Waals surface area contributed by atoms with Crippen LogP contribution in [0.1, 0.15) is 48.1 Å². The van der Waals surface area contributed by atoms with E-state index in [-0.39, 0.29) is 0 Å². The van der Waals surface area contributed by atoms with Crippen LogP contribution >= 0.6 is 0 Å². The van der Waals surface area contributed by atoms with Crippen molar-refractivity contribution in [3.05, 3.63) is 82.4 Å². The molecule has 0 fully saturated rings. The van der Waals surface area contributed by atoms with Gasteiger partial charge in [-0.05, 0) is 103 Å². The lowest BCUT2D eigenvalue weighted by molar-refractivity contribution is 0.110. The summed E-state index contributed by atoms with van der Waals surface area (Å²) in [5.41, 5.74) is 10.2. The summed E-state index contributed by atoms with van der Waals surface area (Å²) in [4.78, 5) is 0. The highest BCUT2D eigenvalue weighted by molar-refractivity contribution is 5.72. The van der Waals surface area contributed by atoms with Crippen LogP contribution in [-0.2, 0) is 17.7 Å². The smallest absolute Gasteiger partial charge is 0.119 e. The second-order valence-electron chi connectivity index (χ2n) is 8.42. The van der Waals surface area contributed by atoms with E-state index in [1.165, 1.54) is 51.1 Å². The first-order chi connectivity index (χ1) is 15.5. The first-order valence-electron chi connectivity index (χ1n) is 11.8. The molecule has 0 unspecified atom stereocenters. The average Bonchev–Trinajstić information content (AvgIpc) is 2.77. The molecule has 3 heteroatoms. The zero-order valence-corrected chi connectivity index (χ0v) is 20.3. The maximum Gasteiger partial charge on any atom is 0.119 e. The molecule has 0 saturated heterocycles. The molecule has 0 atom stereocenters. The van der Waals surface area contributed by atoms with E-state index in [4.69, 9.17) is 9.47 Å². The molecule has 170 valence electrons. The molecule has 3 rings (SSSR count). The van der Waals surface area contributed by atoms with Crippen molar-refractivity contribution in [2.24, 2.45) is 0 Å². The van der Waals surface area contributed by atoms with Gasteiger partial charge in [0.05, 0.1) is 6.61 Å². The molecule has 0 aliphatic heterocycles. The van der Waals surface area contributed by atoms with Crippen LogP contribution in [0, 0.1) is 20.8 Å². The third kappa shape index (κ3) is 6.37. The molecule has 0 radical (unpaired) electrons. The number of ether oxygens (including phenoxy) is 2. The van der Waals surface area contributed by atoms with Crippen LogP contribution in [0.5, 0.6) is 5.75 Å². The van der Waals surface area contributed by atoms with Crippen LogP contribution in [0.15, 0.2) is 54.6 Å². The zero-order chi connectivity index (χ0) is 22.9. The van der Waals surface area contributed by atoms with E-state index in [1.807, 2.05) is 6.92 Å². The number of anilines is 1. The lowest BCUT2D eigenvalue weighted by Crippen LogP contribution is -2.06. The van der Waals surface area contributed by atoms with Crippen LogP contribution in [0.3, 0.4) is 0 Å². The molecule has 3 aromatic rings. The van der Waals surface area contributed by atoms with Crippen molar-refractivity contribution in [1.29, 1.82) is 0 Å². The molecule has 0 spiro atoms. The van der Waals surface area contributed by atoms with Crippen molar-refractivity contribution in [3.8, 4) is 16.9 Å². The summed E-state index contributed by atoms with van der Waals surface area (Å²) in [6, 6.07) is 19.8. The van der Waals surface area contributed by atoms with Gasteiger partial charge in [0.1, 0.15) is 12.4 Å². The Kier molecular flexibility index (Phi) is 8.75. The Hall–Kier alpha value is -2.78. The van der Waals surface area contributed by atoms with Crippen LogP contribution in [0.25, 0.3) is 11.1 Å². The third-order valence-corrected chi connectivity index (χ3v) is 5.78. The van der Waals surface area contributed by atoms with Gasteiger partial charge < -0.3 is 14.8 Å². The first kappa shape index (κ1) is 23.9. The van der Waals surface area contributed by atoms with Crippen LogP contribution < -0.4 is 10.1 Å². The summed E-state index contributed by atoms with van der Waals surface area (Å²) in [5, 5.41) is 3.59. The molecule has 0 saturated carbocycles. The van der Waals surface area contributed by atoms with Crippen LogP contribution in [0.4, 0.5) is 5.69 Å². The van der Waals surface area contributed by atoms with Crippen molar-refractivity contribution in [2.45, 2.75) is 54.0 Å². The predicted octanol–water partition coefficient (Wildman–Crippen LogP) is 7.26. The molecule has 32 heavy (non-hydrogen) atoms. The molecule has 3 aromatic carbocycles. The Morgan fingerprint density at radius 2 is 1.59 bits per heavy atom. The third-order valence-electron chi connectivity index (χ3n) is 5.78. The SMILES string of the molecule is CCCc1ccc(NCc2cccc(-c3c(C)cc(OCCOCC)cc3C)c2)cc1C. The maximum absolute atomic E-state index is 5.87. The van der Waals surface area contributed by atoms with Crippen molar-refractivity contribution < 1.29 is 9.47 Å². The summed E-state index contributed by atoms with van der Waals surface area (Å²) in [6.07, 6.45) is 2.32. The molecule has 0 bridgehead atoms. The van der Waals surface area contributed by atoms with Crippen LogP contribution in [-0.4, -0.2) is 19.8 Å². The van der Waals surface area contributed by atoms with Gasteiger partial charge in [-0.15, -0.1) is 0 Å². The summed E-state index contributed by atoms with van der Waals surface area (Å²) < 4.78 is 11.2. The van der Waals surface area contributed by atoms with Gasteiger partial charge in [0.15, 0.2) is 0 Å². The highest BCUT2D eigenvalue weighted by atomic mass is 16.5. The second kappa shape index (κ2) is 11.7. The molecule has 3 nitrogen and oxygen atoms in total. The summed E-state index contributed by atoms with van der Waals surface area (Å²) >= 11 is 0. The number of hydrogen-bond acceptors (Lipinski definition) is 3. The van der Waals surface area contributed by atoms with E-state index >= 15 is 0 Å². The fourth-order valence-corrected chi connectivity index (χ4v) is 4.22.